The zero-order valence-electron chi connectivity index (χ0n) is 11.1. The van der Waals surface area contributed by atoms with Crippen molar-refractivity contribution in [3.8, 4) is 0 Å². The number of β-amino-alcohol motifs (C(OH)–C–C–N with tert-alkyl or cyclic N) is 1. The molecule has 6 nitrogen and oxygen atoms in total. The van der Waals surface area contributed by atoms with Crippen LogP contribution in [0.3, 0.4) is 0 Å². The number of hydrogen-bond acceptors (Lipinski definition) is 6. The highest BCUT2D eigenvalue weighted by molar-refractivity contribution is 7.11. The van der Waals surface area contributed by atoms with Crippen LogP contribution in [0.2, 0.25) is 0 Å². The van der Waals surface area contributed by atoms with E-state index in [9.17, 15) is 9.90 Å². The van der Waals surface area contributed by atoms with E-state index < -0.39 is 5.97 Å². The third kappa shape index (κ3) is 3.73. The van der Waals surface area contributed by atoms with Crippen molar-refractivity contribution in [3.63, 3.8) is 0 Å². The number of nitrogens with zero attached hydrogens (tertiary/aromatic N) is 3. The molecule has 2 rings (SSSR count). The molecule has 1 aliphatic rings. The summed E-state index contributed by atoms with van der Waals surface area (Å²) in [5.41, 5.74) is 0.764. The van der Waals surface area contributed by atoms with Crippen LogP contribution < -0.4 is 0 Å². The molecule has 0 saturated carbocycles. The number of thiazole rings is 1. The molecule has 0 aromatic carbocycles. The minimum absolute atomic E-state index is 0.124. The van der Waals surface area contributed by atoms with E-state index in [4.69, 9.17) is 5.11 Å². The first kappa shape index (κ1) is 14.4. The van der Waals surface area contributed by atoms with Crippen LogP contribution in [0.25, 0.3) is 0 Å². The van der Waals surface area contributed by atoms with Crippen molar-refractivity contribution in [2.45, 2.75) is 25.1 Å². The van der Waals surface area contributed by atoms with Crippen LogP contribution in [-0.2, 0) is 6.54 Å². The van der Waals surface area contributed by atoms with Crippen molar-refractivity contribution in [2.24, 2.45) is 0 Å². The SMILES string of the molecule is CN(C)CC1CC(O)CN1Cc1csc(C(=O)O)n1. The van der Waals surface area contributed by atoms with Gasteiger partial charge >= 0.3 is 5.97 Å². The minimum Gasteiger partial charge on any atom is -0.476 e. The molecule has 1 aromatic heterocycles. The van der Waals surface area contributed by atoms with E-state index in [1.165, 1.54) is 0 Å². The molecule has 1 fully saturated rings. The summed E-state index contributed by atoms with van der Waals surface area (Å²) in [6.45, 7) is 2.10. The van der Waals surface area contributed by atoms with Crippen molar-refractivity contribution in [1.29, 1.82) is 0 Å². The van der Waals surface area contributed by atoms with Gasteiger partial charge in [0.2, 0.25) is 5.01 Å². The molecule has 7 heteroatoms. The number of aliphatic hydroxyl groups excluding tert-OH is 1. The van der Waals surface area contributed by atoms with Crippen molar-refractivity contribution in [2.75, 3.05) is 27.2 Å². The summed E-state index contributed by atoms with van der Waals surface area (Å²) in [5, 5.41) is 20.5. The summed E-state index contributed by atoms with van der Waals surface area (Å²) in [5.74, 6) is -0.984. The Morgan fingerprint density at radius 2 is 2.37 bits per heavy atom. The Labute approximate surface area is 116 Å². The van der Waals surface area contributed by atoms with Gasteiger partial charge in [0.15, 0.2) is 0 Å². The first-order valence-electron chi connectivity index (χ1n) is 6.20. The molecular weight excluding hydrogens is 266 g/mol. The molecule has 1 saturated heterocycles. The molecule has 2 N–H and O–H groups in total. The minimum atomic E-state index is -0.984. The fraction of sp³-hybridized carbons (Fsp3) is 0.667. The Kier molecular flexibility index (Phi) is 4.51. The van der Waals surface area contributed by atoms with Gasteiger partial charge in [-0.3, -0.25) is 4.90 Å². The van der Waals surface area contributed by atoms with E-state index in [0.29, 0.717) is 19.1 Å². The number of aromatic nitrogens is 1. The fourth-order valence-electron chi connectivity index (χ4n) is 2.45. The van der Waals surface area contributed by atoms with Gasteiger partial charge in [-0.15, -0.1) is 11.3 Å². The van der Waals surface area contributed by atoms with Crippen LogP contribution >= 0.6 is 11.3 Å². The fourth-order valence-corrected chi connectivity index (χ4v) is 3.09. The first-order chi connectivity index (χ1) is 8.95. The van der Waals surface area contributed by atoms with E-state index in [1.54, 1.807) is 5.38 Å². The summed E-state index contributed by atoms with van der Waals surface area (Å²) < 4.78 is 0. The number of rotatable bonds is 5. The van der Waals surface area contributed by atoms with Crippen molar-refractivity contribution < 1.29 is 15.0 Å². The molecule has 0 aliphatic carbocycles. The molecule has 0 spiro atoms. The van der Waals surface area contributed by atoms with Gasteiger partial charge in [0.1, 0.15) is 0 Å². The summed E-state index contributed by atoms with van der Waals surface area (Å²) in [4.78, 5) is 19.2. The lowest BCUT2D eigenvalue weighted by Crippen LogP contribution is -2.37. The van der Waals surface area contributed by atoms with E-state index in [2.05, 4.69) is 14.8 Å². The maximum absolute atomic E-state index is 10.8. The Morgan fingerprint density at radius 1 is 1.63 bits per heavy atom. The Balaban J connectivity index is 2.01. The standard InChI is InChI=1S/C12H19N3O3S/c1-14(2)5-9-3-10(16)6-15(9)4-8-7-19-11(13-8)12(17)18/h7,9-10,16H,3-6H2,1-2H3,(H,17,18). The largest absolute Gasteiger partial charge is 0.476 e. The zero-order chi connectivity index (χ0) is 14.0. The predicted molar refractivity (Wildman–Crippen MR) is 72.4 cm³/mol. The molecule has 2 atom stereocenters. The number of likely N-dealkylation sites (tertiary alicyclic amines) is 1. The highest BCUT2D eigenvalue weighted by Crippen LogP contribution is 2.22. The number of hydrogen-bond donors (Lipinski definition) is 2. The van der Waals surface area contributed by atoms with Gasteiger partial charge in [-0.1, -0.05) is 0 Å². The van der Waals surface area contributed by atoms with Gasteiger partial charge < -0.3 is 15.1 Å². The summed E-state index contributed by atoms with van der Waals surface area (Å²) >= 11 is 1.15. The average molecular weight is 285 g/mol. The van der Waals surface area contributed by atoms with Gasteiger partial charge in [0, 0.05) is 31.1 Å². The second-order valence-corrected chi connectivity index (χ2v) is 6.04. The molecule has 0 amide bonds. The zero-order valence-corrected chi connectivity index (χ0v) is 11.9. The normalized spacial score (nSPS) is 24.2. The van der Waals surface area contributed by atoms with E-state index in [-0.39, 0.29) is 11.1 Å². The van der Waals surface area contributed by atoms with Crippen LogP contribution in [-0.4, -0.2) is 70.3 Å². The molecule has 1 aromatic rings. The number of carboxylic acids is 1. The number of carbonyl (C=O) groups is 1. The molecule has 1 aliphatic heterocycles. The molecule has 2 heterocycles. The van der Waals surface area contributed by atoms with E-state index in [1.807, 2.05) is 14.1 Å². The van der Waals surface area contributed by atoms with Gasteiger partial charge in [0.25, 0.3) is 0 Å². The second kappa shape index (κ2) is 5.96. The first-order valence-corrected chi connectivity index (χ1v) is 7.08. The van der Waals surface area contributed by atoms with Gasteiger partial charge in [-0.05, 0) is 20.5 Å². The van der Waals surface area contributed by atoms with Crippen LogP contribution in [0, 0.1) is 0 Å². The van der Waals surface area contributed by atoms with Crippen molar-refractivity contribution in [1.82, 2.24) is 14.8 Å². The van der Waals surface area contributed by atoms with E-state index in [0.717, 1.165) is 30.0 Å². The number of aromatic carboxylic acids is 1. The van der Waals surface area contributed by atoms with Crippen LogP contribution in [0.15, 0.2) is 5.38 Å². The molecule has 106 valence electrons. The molecule has 2 unspecified atom stereocenters. The smallest absolute Gasteiger partial charge is 0.365 e. The maximum Gasteiger partial charge on any atom is 0.365 e. The molecule has 19 heavy (non-hydrogen) atoms. The van der Waals surface area contributed by atoms with Gasteiger partial charge in [-0.25, -0.2) is 9.78 Å². The summed E-state index contributed by atoms with van der Waals surface area (Å²) in [7, 11) is 4.02. The molecule has 0 radical (unpaired) electrons. The third-order valence-electron chi connectivity index (χ3n) is 3.18. The van der Waals surface area contributed by atoms with Crippen molar-refractivity contribution >= 4 is 17.3 Å². The molecule has 0 bridgehead atoms. The van der Waals surface area contributed by atoms with Crippen LogP contribution in [0.1, 0.15) is 21.9 Å². The number of likely N-dealkylation sites (N-methyl/N-ethyl adjacent to an activating group) is 1. The maximum atomic E-state index is 10.8. The van der Waals surface area contributed by atoms with Crippen LogP contribution in [0.5, 0.6) is 0 Å². The lowest BCUT2D eigenvalue weighted by atomic mass is 10.2. The second-order valence-electron chi connectivity index (χ2n) is 5.18. The quantitative estimate of drug-likeness (QED) is 0.812. The van der Waals surface area contributed by atoms with Gasteiger partial charge in [0.05, 0.1) is 11.8 Å². The van der Waals surface area contributed by atoms with Gasteiger partial charge in [-0.2, -0.15) is 0 Å². The highest BCUT2D eigenvalue weighted by atomic mass is 32.1. The Hall–Kier alpha value is -1.02. The summed E-state index contributed by atoms with van der Waals surface area (Å²) in [6.07, 6.45) is 0.455. The lowest BCUT2D eigenvalue weighted by Gasteiger charge is -2.25. The van der Waals surface area contributed by atoms with Crippen LogP contribution in [0.4, 0.5) is 0 Å². The summed E-state index contributed by atoms with van der Waals surface area (Å²) in [6, 6.07) is 0.292. The Morgan fingerprint density at radius 3 is 2.95 bits per heavy atom. The lowest BCUT2D eigenvalue weighted by molar-refractivity contribution is 0.0696. The van der Waals surface area contributed by atoms with Crippen molar-refractivity contribution in [3.05, 3.63) is 16.1 Å². The number of carboxylic acid groups (broad SMARTS) is 1. The van der Waals surface area contributed by atoms with E-state index >= 15 is 0 Å². The average Bonchev–Trinajstić information content (AvgIpc) is 2.86. The monoisotopic (exact) mass is 285 g/mol. The highest BCUT2D eigenvalue weighted by Gasteiger charge is 2.31. The molecular formula is C12H19N3O3S. The Bertz CT molecular complexity index is 449. The number of aliphatic hydroxyl groups is 1. The topological polar surface area (TPSA) is 76.9 Å². The predicted octanol–water partition coefficient (Wildman–Crippen LogP) is 0.338. The third-order valence-corrected chi connectivity index (χ3v) is 4.06.